The van der Waals surface area contributed by atoms with Crippen LogP contribution < -0.4 is 11.3 Å². The topological polar surface area (TPSA) is 53.6 Å². The maximum atomic E-state index is 5.39. The fraction of sp³-hybridized carbons (Fsp3) is 0.444. The summed E-state index contributed by atoms with van der Waals surface area (Å²) in [6, 6.07) is 2.18. The highest BCUT2D eigenvalue weighted by molar-refractivity contribution is 7.10. The fourth-order valence-corrected chi connectivity index (χ4v) is 2.62. The van der Waals surface area contributed by atoms with Crippen molar-refractivity contribution < 1.29 is 0 Å². The van der Waals surface area contributed by atoms with Crippen molar-refractivity contribution in [2.75, 3.05) is 13.6 Å². The van der Waals surface area contributed by atoms with Crippen molar-refractivity contribution in [1.29, 1.82) is 0 Å². The van der Waals surface area contributed by atoms with Crippen LogP contribution in [0, 0.1) is 0 Å². The van der Waals surface area contributed by atoms with Crippen molar-refractivity contribution in [3.05, 3.63) is 21.9 Å². The first-order chi connectivity index (χ1) is 6.85. The zero-order valence-electron chi connectivity index (χ0n) is 8.16. The largest absolute Gasteiger partial charge is 0.337 e. The quantitative estimate of drug-likeness (QED) is 0.285. The van der Waals surface area contributed by atoms with Crippen molar-refractivity contribution in [3.63, 3.8) is 0 Å². The van der Waals surface area contributed by atoms with Crippen molar-refractivity contribution in [1.82, 2.24) is 10.3 Å². The third-order valence-electron chi connectivity index (χ3n) is 2.45. The van der Waals surface area contributed by atoms with E-state index in [-0.39, 0.29) is 0 Å². The lowest BCUT2D eigenvalue weighted by Gasteiger charge is -2.29. The average Bonchev–Trinajstić information content (AvgIpc) is 2.66. The van der Waals surface area contributed by atoms with Crippen LogP contribution in [0.15, 0.2) is 16.4 Å². The molecule has 0 aromatic carbocycles. The Kier molecular flexibility index (Phi) is 2.69. The molecule has 0 atom stereocenters. The van der Waals surface area contributed by atoms with Crippen LogP contribution in [0.1, 0.15) is 10.4 Å². The normalized spacial score (nSPS) is 16.7. The fourth-order valence-electron chi connectivity index (χ4n) is 1.73. The summed E-state index contributed by atoms with van der Waals surface area (Å²) in [5.41, 5.74) is 4.02. The first-order valence-electron chi connectivity index (χ1n) is 4.58. The van der Waals surface area contributed by atoms with Crippen LogP contribution in [-0.4, -0.2) is 24.5 Å². The summed E-state index contributed by atoms with van der Waals surface area (Å²) in [5, 5.41) is 2.15. The number of guanidine groups is 1. The number of hydrogen-bond acceptors (Lipinski definition) is 3. The van der Waals surface area contributed by atoms with E-state index in [9.17, 15) is 0 Å². The van der Waals surface area contributed by atoms with Crippen molar-refractivity contribution in [2.45, 2.75) is 13.0 Å². The molecule has 0 amide bonds. The lowest BCUT2D eigenvalue weighted by atomic mass is 10.1. The summed E-state index contributed by atoms with van der Waals surface area (Å²) in [4.78, 5) is 7.75. The minimum Gasteiger partial charge on any atom is -0.337 e. The molecule has 0 bridgehead atoms. The lowest BCUT2D eigenvalue weighted by molar-refractivity contribution is 0.383. The van der Waals surface area contributed by atoms with E-state index < -0.39 is 0 Å². The second kappa shape index (κ2) is 3.98. The molecule has 5 heteroatoms. The second-order valence-electron chi connectivity index (χ2n) is 3.23. The van der Waals surface area contributed by atoms with E-state index in [0.29, 0.717) is 0 Å². The molecule has 0 spiro atoms. The number of hydrazine groups is 1. The van der Waals surface area contributed by atoms with Gasteiger partial charge in [0.05, 0.1) is 0 Å². The average molecular weight is 210 g/mol. The number of aliphatic imine (C=N–C) groups is 1. The lowest BCUT2D eigenvalue weighted by Crippen LogP contribution is -2.46. The molecule has 0 aliphatic carbocycles. The van der Waals surface area contributed by atoms with E-state index in [1.807, 2.05) is 11.3 Å². The Bertz CT molecular complexity index is 344. The minimum absolute atomic E-state index is 0.766. The highest BCUT2D eigenvalue weighted by atomic mass is 32.1. The Morgan fingerprint density at radius 3 is 3.29 bits per heavy atom. The number of fused-ring (bicyclic) bond motifs is 1. The molecular formula is C9H14N4S. The Morgan fingerprint density at radius 1 is 1.71 bits per heavy atom. The maximum Gasteiger partial charge on any atom is 0.208 e. The monoisotopic (exact) mass is 210 g/mol. The molecule has 0 radical (unpaired) electrons. The third-order valence-corrected chi connectivity index (χ3v) is 3.47. The van der Waals surface area contributed by atoms with E-state index in [2.05, 4.69) is 26.8 Å². The van der Waals surface area contributed by atoms with Gasteiger partial charge < -0.3 is 4.90 Å². The molecular weight excluding hydrogens is 196 g/mol. The van der Waals surface area contributed by atoms with Crippen molar-refractivity contribution >= 4 is 17.3 Å². The van der Waals surface area contributed by atoms with Gasteiger partial charge in [-0.2, -0.15) is 0 Å². The summed E-state index contributed by atoms with van der Waals surface area (Å²) < 4.78 is 0. The predicted octanol–water partition coefficient (Wildman–Crippen LogP) is 0.555. The molecule has 76 valence electrons. The van der Waals surface area contributed by atoms with Crippen molar-refractivity contribution in [2.24, 2.45) is 10.8 Å². The second-order valence-corrected chi connectivity index (χ2v) is 4.23. The third kappa shape index (κ3) is 1.60. The Hall–Kier alpha value is -1.07. The van der Waals surface area contributed by atoms with E-state index in [1.54, 1.807) is 7.05 Å². The highest BCUT2D eigenvalue weighted by Crippen LogP contribution is 2.23. The van der Waals surface area contributed by atoms with Gasteiger partial charge in [-0.25, -0.2) is 5.84 Å². The van der Waals surface area contributed by atoms with Crippen LogP contribution >= 0.6 is 11.3 Å². The Morgan fingerprint density at radius 2 is 2.57 bits per heavy atom. The summed E-state index contributed by atoms with van der Waals surface area (Å²) >= 11 is 1.84. The zero-order valence-corrected chi connectivity index (χ0v) is 8.97. The molecule has 1 aromatic heterocycles. The number of thiophene rings is 1. The SMILES string of the molecule is CN=C(NN)N1CCc2sccc2C1. The number of nitrogens with one attached hydrogen (secondary N) is 1. The summed E-state index contributed by atoms with van der Waals surface area (Å²) in [7, 11) is 1.75. The van der Waals surface area contributed by atoms with Gasteiger partial charge in [0.2, 0.25) is 5.96 Å². The number of rotatable bonds is 0. The molecule has 14 heavy (non-hydrogen) atoms. The van der Waals surface area contributed by atoms with E-state index >= 15 is 0 Å². The molecule has 2 heterocycles. The molecule has 2 rings (SSSR count). The van der Waals surface area contributed by atoms with Gasteiger partial charge in [-0.1, -0.05) is 0 Å². The molecule has 3 N–H and O–H groups in total. The van der Waals surface area contributed by atoms with E-state index in [4.69, 9.17) is 5.84 Å². The molecule has 1 aliphatic heterocycles. The van der Waals surface area contributed by atoms with Gasteiger partial charge in [0, 0.05) is 25.0 Å². The highest BCUT2D eigenvalue weighted by Gasteiger charge is 2.18. The van der Waals surface area contributed by atoms with Crippen LogP contribution in [0.2, 0.25) is 0 Å². The molecule has 0 fully saturated rings. The zero-order chi connectivity index (χ0) is 9.97. The van der Waals surface area contributed by atoms with Gasteiger partial charge in [0.1, 0.15) is 0 Å². The van der Waals surface area contributed by atoms with Crippen LogP contribution in [0.4, 0.5) is 0 Å². The molecule has 0 saturated heterocycles. The molecule has 4 nitrogen and oxygen atoms in total. The van der Waals surface area contributed by atoms with E-state index in [0.717, 1.165) is 25.5 Å². The van der Waals surface area contributed by atoms with Crippen LogP contribution in [-0.2, 0) is 13.0 Å². The minimum atomic E-state index is 0.766. The first-order valence-corrected chi connectivity index (χ1v) is 5.46. The van der Waals surface area contributed by atoms with Gasteiger partial charge in [-0.05, 0) is 23.4 Å². The molecule has 0 saturated carbocycles. The maximum absolute atomic E-state index is 5.39. The summed E-state index contributed by atoms with van der Waals surface area (Å²) in [5.74, 6) is 6.16. The predicted molar refractivity (Wildman–Crippen MR) is 59.1 cm³/mol. The van der Waals surface area contributed by atoms with Crippen LogP contribution in [0.25, 0.3) is 0 Å². The van der Waals surface area contributed by atoms with Crippen molar-refractivity contribution in [3.8, 4) is 0 Å². The number of nitrogens with two attached hydrogens (primary N) is 1. The first kappa shape index (κ1) is 9.48. The van der Waals surface area contributed by atoms with Gasteiger partial charge in [0.25, 0.3) is 0 Å². The number of hydrogen-bond donors (Lipinski definition) is 2. The molecule has 1 aromatic rings. The number of nitrogens with zero attached hydrogens (tertiary/aromatic N) is 2. The molecule has 1 aliphatic rings. The van der Waals surface area contributed by atoms with E-state index in [1.165, 1.54) is 10.4 Å². The van der Waals surface area contributed by atoms with Gasteiger partial charge in [0.15, 0.2) is 0 Å². The van der Waals surface area contributed by atoms with Gasteiger partial charge in [-0.15, -0.1) is 11.3 Å². The Labute approximate surface area is 87.4 Å². The van der Waals surface area contributed by atoms with Gasteiger partial charge >= 0.3 is 0 Å². The summed E-state index contributed by atoms with van der Waals surface area (Å²) in [6.07, 6.45) is 1.09. The van der Waals surface area contributed by atoms with Gasteiger partial charge in [-0.3, -0.25) is 10.4 Å². The standard InChI is InChI=1S/C9H14N4S/c1-11-9(12-10)13-4-2-8-7(6-13)3-5-14-8/h3,5H,2,4,6,10H2,1H3,(H,11,12). The van der Waals surface area contributed by atoms with Crippen LogP contribution in [0.5, 0.6) is 0 Å². The van der Waals surface area contributed by atoms with Crippen LogP contribution in [0.3, 0.4) is 0 Å². The Balaban J connectivity index is 2.14. The summed E-state index contributed by atoms with van der Waals surface area (Å²) in [6.45, 7) is 1.90. The smallest absolute Gasteiger partial charge is 0.208 e. The molecule has 0 unspecified atom stereocenters.